The van der Waals surface area contributed by atoms with Gasteiger partial charge in [0.1, 0.15) is 6.10 Å². The minimum atomic E-state index is 0.399. The molecule has 13 heavy (non-hydrogen) atoms. The Morgan fingerprint density at radius 1 is 1.46 bits per heavy atom. The first-order valence-corrected chi connectivity index (χ1v) is 6.14. The van der Waals surface area contributed by atoms with Gasteiger partial charge in [-0.25, -0.2) is 0 Å². The zero-order valence-corrected chi connectivity index (χ0v) is 9.66. The lowest BCUT2D eigenvalue weighted by atomic mass is 10.1. The van der Waals surface area contributed by atoms with Crippen molar-refractivity contribution in [3.8, 4) is 5.06 Å². The predicted molar refractivity (Wildman–Crippen MR) is 58.5 cm³/mol. The van der Waals surface area contributed by atoms with E-state index in [-0.39, 0.29) is 0 Å². The van der Waals surface area contributed by atoms with Gasteiger partial charge in [0, 0.05) is 0 Å². The third-order valence-electron chi connectivity index (χ3n) is 2.14. The van der Waals surface area contributed by atoms with Gasteiger partial charge in [-0.2, -0.15) is 0 Å². The van der Waals surface area contributed by atoms with Crippen LogP contribution in [-0.4, -0.2) is 19.2 Å². The van der Waals surface area contributed by atoms with Gasteiger partial charge in [0.05, 0.1) is 4.47 Å². The number of nitrogens with one attached hydrogen (secondary N) is 1. The summed E-state index contributed by atoms with van der Waals surface area (Å²) in [5.74, 6) is 0. The van der Waals surface area contributed by atoms with Crippen molar-refractivity contribution >= 4 is 27.3 Å². The molecule has 1 aliphatic heterocycles. The maximum Gasteiger partial charge on any atom is 0.188 e. The summed E-state index contributed by atoms with van der Waals surface area (Å²) in [4.78, 5) is 0. The molecule has 0 radical (unpaired) electrons. The third-order valence-corrected chi connectivity index (χ3v) is 3.83. The van der Waals surface area contributed by atoms with Crippen molar-refractivity contribution in [3.63, 3.8) is 0 Å². The van der Waals surface area contributed by atoms with E-state index in [0.29, 0.717) is 6.10 Å². The normalized spacial score (nSPS) is 18.8. The predicted octanol–water partition coefficient (Wildman–Crippen LogP) is 2.64. The molecule has 1 aromatic rings. The van der Waals surface area contributed by atoms with E-state index < -0.39 is 0 Å². The second-order valence-corrected chi connectivity index (χ2v) is 4.86. The number of ether oxygens (including phenoxy) is 1. The summed E-state index contributed by atoms with van der Waals surface area (Å²) in [5, 5.41) is 6.38. The Kier molecular flexibility index (Phi) is 3.24. The molecule has 2 heterocycles. The molecular formula is C9H12BrNOS. The Labute approximate surface area is 90.4 Å². The second-order valence-electron chi connectivity index (χ2n) is 3.12. The Morgan fingerprint density at radius 3 is 2.85 bits per heavy atom. The molecule has 4 heteroatoms. The first kappa shape index (κ1) is 9.49. The van der Waals surface area contributed by atoms with Gasteiger partial charge >= 0.3 is 0 Å². The molecule has 1 saturated heterocycles. The van der Waals surface area contributed by atoms with Crippen LogP contribution in [0.5, 0.6) is 5.06 Å². The van der Waals surface area contributed by atoms with Crippen LogP contribution in [0.15, 0.2) is 15.9 Å². The summed E-state index contributed by atoms with van der Waals surface area (Å²) in [6, 6.07) is 2.03. The van der Waals surface area contributed by atoms with Crippen LogP contribution < -0.4 is 10.1 Å². The highest BCUT2D eigenvalue weighted by Gasteiger charge is 2.15. The first-order chi connectivity index (χ1) is 6.36. The molecule has 0 spiro atoms. The highest BCUT2D eigenvalue weighted by atomic mass is 79.9. The minimum Gasteiger partial charge on any atom is -0.480 e. The van der Waals surface area contributed by atoms with Crippen molar-refractivity contribution in [2.75, 3.05) is 13.1 Å². The fraction of sp³-hybridized carbons (Fsp3) is 0.556. The fourth-order valence-electron chi connectivity index (χ4n) is 1.43. The minimum absolute atomic E-state index is 0.399. The molecular weight excluding hydrogens is 250 g/mol. The molecule has 72 valence electrons. The van der Waals surface area contributed by atoms with Gasteiger partial charge in [0.25, 0.3) is 0 Å². The highest BCUT2D eigenvalue weighted by molar-refractivity contribution is 9.10. The molecule has 1 fully saturated rings. The van der Waals surface area contributed by atoms with Gasteiger partial charge in [-0.3, -0.25) is 0 Å². The van der Waals surface area contributed by atoms with Crippen LogP contribution in [-0.2, 0) is 0 Å². The van der Waals surface area contributed by atoms with Gasteiger partial charge in [0.15, 0.2) is 5.06 Å². The first-order valence-electron chi connectivity index (χ1n) is 4.46. The van der Waals surface area contributed by atoms with Crippen molar-refractivity contribution in [2.24, 2.45) is 0 Å². The SMILES string of the molecule is Brc1ccsc1OC1CCNCC1. The highest BCUT2D eigenvalue weighted by Crippen LogP contribution is 2.32. The largest absolute Gasteiger partial charge is 0.480 e. The Hall–Kier alpha value is -0.0600. The number of rotatable bonds is 2. The van der Waals surface area contributed by atoms with Crippen molar-refractivity contribution in [1.82, 2.24) is 5.32 Å². The molecule has 0 atom stereocenters. The molecule has 2 rings (SSSR count). The summed E-state index contributed by atoms with van der Waals surface area (Å²) in [5.41, 5.74) is 0. The number of hydrogen-bond acceptors (Lipinski definition) is 3. The molecule has 0 amide bonds. The van der Waals surface area contributed by atoms with E-state index in [4.69, 9.17) is 4.74 Å². The van der Waals surface area contributed by atoms with Crippen molar-refractivity contribution in [3.05, 3.63) is 15.9 Å². The fourth-order valence-corrected chi connectivity index (χ4v) is 2.81. The molecule has 0 aromatic carbocycles. The number of piperidine rings is 1. The second kappa shape index (κ2) is 4.44. The van der Waals surface area contributed by atoms with Crippen LogP contribution in [0.2, 0.25) is 0 Å². The number of hydrogen-bond donors (Lipinski definition) is 1. The number of halogens is 1. The van der Waals surface area contributed by atoms with Gasteiger partial charge in [0.2, 0.25) is 0 Å². The van der Waals surface area contributed by atoms with Crippen LogP contribution in [0.3, 0.4) is 0 Å². The van der Waals surface area contributed by atoms with E-state index in [1.807, 2.05) is 11.4 Å². The van der Waals surface area contributed by atoms with E-state index in [2.05, 4.69) is 21.2 Å². The summed E-state index contributed by atoms with van der Waals surface area (Å²) in [7, 11) is 0. The summed E-state index contributed by atoms with van der Waals surface area (Å²) < 4.78 is 6.94. The van der Waals surface area contributed by atoms with E-state index >= 15 is 0 Å². The standard InChI is InChI=1S/C9H12BrNOS/c10-8-3-6-13-9(8)12-7-1-4-11-5-2-7/h3,6-7,11H,1-2,4-5H2. The van der Waals surface area contributed by atoms with Crippen LogP contribution in [0.4, 0.5) is 0 Å². The molecule has 1 aromatic heterocycles. The maximum atomic E-state index is 5.86. The Balaban J connectivity index is 1.93. The van der Waals surface area contributed by atoms with Crippen molar-refractivity contribution in [1.29, 1.82) is 0 Å². The van der Waals surface area contributed by atoms with Gasteiger partial charge in [-0.15, -0.1) is 11.3 Å². The van der Waals surface area contributed by atoms with E-state index in [1.165, 1.54) is 0 Å². The van der Waals surface area contributed by atoms with Gasteiger partial charge < -0.3 is 10.1 Å². The molecule has 0 aliphatic carbocycles. The van der Waals surface area contributed by atoms with Gasteiger partial charge in [-0.1, -0.05) is 0 Å². The lowest BCUT2D eigenvalue weighted by Crippen LogP contribution is -2.34. The molecule has 0 bridgehead atoms. The van der Waals surface area contributed by atoms with Crippen LogP contribution >= 0.6 is 27.3 Å². The molecule has 0 unspecified atom stereocenters. The molecule has 0 saturated carbocycles. The average molecular weight is 262 g/mol. The number of thiophene rings is 1. The zero-order valence-electron chi connectivity index (χ0n) is 7.25. The molecule has 1 aliphatic rings. The molecule has 2 nitrogen and oxygen atoms in total. The zero-order chi connectivity index (χ0) is 9.10. The summed E-state index contributed by atoms with van der Waals surface area (Å²) >= 11 is 5.12. The maximum absolute atomic E-state index is 5.86. The van der Waals surface area contributed by atoms with Gasteiger partial charge in [-0.05, 0) is 53.3 Å². The van der Waals surface area contributed by atoms with E-state index in [1.54, 1.807) is 11.3 Å². The molecule has 1 N–H and O–H groups in total. The Morgan fingerprint density at radius 2 is 2.23 bits per heavy atom. The monoisotopic (exact) mass is 261 g/mol. The smallest absolute Gasteiger partial charge is 0.188 e. The van der Waals surface area contributed by atoms with Crippen LogP contribution in [0.1, 0.15) is 12.8 Å². The van der Waals surface area contributed by atoms with E-state index in [0.717, 1.165) is 35.5 Å². The van der Waals surface area contributed by atoms with Crippen molar-refractivity contribution < 1.29 is 4.74 Å². The summed E-state index contributed by atoms with van der Waals surface area (Å²) in [6.45, 7) is 2.15. The average Bonchev–Trinajstić information content (AvgIpc) is 2.54. The quantitative estimate of drug-likeness (QED) is 0.884. The van der Waals surface area contributed by atoms with Crippen LogP contribution in [0.25, 0.3) is 0 Å². The van der Waals surface area contributed by atoms with E-state index in [9.17, 15) is 0 Å². The lowest BCUT2D eigenvalue weighted by Gasteiger charge is -2.23. The lowest BCUT2D eigenvalue weighted by molar-refractivity contribution is 0.167. The topological polar surface area (TPSA) is 21.3 Å². The van der Waals surface area contributed by atoms with Crippen molar-refractivity contribution in [2.45, 2.75) is 18.9 Å². The third kappa shape index (κ3) is 2.45. The summed E-state index contributed by atoms with van der Waals surface area (Å²) in [6.07, 6.45) is 2.63. The van der Waals surface area contributed by atoms with Crippen LogP contribution in [0, 0.1) is 0 Å². The Bertz CT molecular complexity index is 270.